The van der Waals surface area contributed by atoms with Crippen molar-refractivity contribution < 1.29 is 4.74 Å². The molecular weight excluding hydrogens is 274 g/mol. The van der Waals surface area contributed by atoms with Gasteiger partial charge in [-0.3, -0.25) is 4.90 Å². The maximum absolute atomic E-state index is 5.21. The minimum absolute atomic E-state index is 0.685. The standard InChI is InChI=1S/C18H27N3O/c1-15-19-17(18-10-4-6-12-21(15)18)14-20-11-5-3-8-16(20)9-7-13-22-2/h4,6,10,12,16H,3,5,7-9,11,13-14H2,1-2H3. The van der Waals surface area contributed by atoms with Crippen LogP contribution in [0, 0.1) is 6.92 Å². The quantitative estimate of drug-likeness (QED) is 0.766. The fourth-order valence-electron chi connectivity index (χ4n) is 3.63. The molecule has 22 heavy (non-hydrogen) atoms. The fourth-order valence-corrected chi connectivity index (χ4v) is 3.63. The summed E-state index contributed by atoms with van der Waals surface area (Å²) in [5.41, 5.74) is 2.47. The number of aryl methyl sites for hydroxylation is 1. The minimum atomic E-state index is 0.685. The first-order valence-corrected chi connectivity index (χ1v) is 8.45. The monoisotopic (exact) mass is 301 g/mol. The van der Waals surface area contributed by atoms with E-state index >= 15 is 0 Å². The summed E-state index contributed by atoms with van der Waals surface area (Å²) < 4.78 is 7.41. The molecule has 1 atom stereocenters. The van der Waals surface area contributed by atoms with Crippen LogP contribution in [0.1, 0.15) is 43.6 Å². The van der Waals surface area contributed by atoms with Gasteiger partial charge in [0.05, 0.1) is 11.2 Å². The van der Waals surface area contributed by atoms with E-state index in [4.69, 9.17) is 9.72 Å². The largest absolute Gasteiger partial charge is 0.385 e. The summed E-state index contributed by atoms with van der Waals surface area (Å²) in [5, 5.41) is 0. The van der Waals surface area contributed by atoms with E-state index < -0.39 is 0 Å². The number of imidazole rings is 1. The number of nitrogens with zero attached hydrogens (tertiary/aromatic N) is 3. The Morgan fingerprint density at radius 3 is 3.09 bits per heavy atom. The SMILES string of the molecule is COCCCC1CCCCN1Cc1nc(C)n2ccccc12. The third kappa shape index (κ3) is 3.33. The lowest BCUT2D eigenvalue weighted by atomic mass is 9.98. The molecule has 1 saturated heterocycles. The summed E-state index contributed by atoms with van der Waals surface area (Å²) in [6.45, 7) is 5.13. The molecule has 0 aliphatic carbocycles. The third-order valence-corrected chi connectivity index (χ3v) is 4.79. The van der Waals surface area contributed by atoms with E-state index in [0.29, 0.717) is 6.04 Å². The average molecular weight is 301 g/mol. The molecule has 3 rings (SSSR count). The number of aromatic nitrogens is 2. The zero-order chi connectivity index (χ0) is 15.4. The number of hydrogen-bond acceptors (Lipinski definition) is 3. The maximum atomic E-state index is 5.21. The Morgan fingerprint density at radius 1 is 1.32 bits per heavy atom. The van der Waals surface area contributed by atoms with Crippen molar-refractivity contribution in [3.8, 4) is 0 Å². The van der Waals surface area contributed by atoms with Crippen LogP contribution in [0.5, 0.6) is 0 Å². The molecule has 0 N–H and O–H groups in total. The lowest BCUT2D eigenvalue weighted by Crippen LogP contribution is -2.39. The molecule has 1 fully saturated rings. The first-order valence-electron chi connectivity index (χ1n) is 8.45. The van der Waals surface area contributed by atoms with Crippen LogP contribution in [0.4, 0.5) is 0 Å². The molecule has 0 aromatic carbocycles. The van der Waals surface area contributed by atoms with E-state index in [1.165, 1.54) is 43.4 Å². The van der Waals surface area contributed by atoms with Crippen molar-refractivity contribution in [2.45, 2.75) is 51.6 Å². The first kappa shape index (κ1) is 15.5. The zero-order valence-corrected chi connectivity index (χ0v) is 13.8. The van der Waals surface area contributed by atoms with Gasteiger partial charge in [-0.15, -0.1) is 0 Å². The van der Waals surface area contributed by atoms with Gasteiger partial charge in [0.25, 0.3) is 0 Å². The summed E-state index contributed by atoms with van der Waals surface area (Å²) in [5.74, 6) is 1.08. The Kier molecular flexibility index (Phi) is 5.11. The Labute approximate surface area is 133 Å². The lowest BCUT2D eigenvalue weighted by Gasteiger charge is -2.35. The van der Waals surface area contributed by atoms with Crippen molar-refractivity contribution >= 4 is 5.52 Å². The summed E-state index contributed by atoms with van der Waals surface area (Å²) in [4.78, 5) is 7.44. The molecule has 0 saturated carbocycles. The molecule has 4 nitrogen and oxygen atoms in total. The highest BCUT2D eigenvalue weighted by Gasteiger charge is 2.23. The lowest BCUT2D eigenvalue weighted by molar-refractivity contribution is 0.116. The van der Waals surface area contributed by atoms with Gasteiger partial charge >= 0.3 is 0 Å². The van der Waals surface area contributed by atoms with E-state index in [2.05, 4.69) is 40.6 Å². The van der Waals surface area contributed by atoms with Crippen LogP contribution in [0.3, 0.4) is 0 Å². The van der Waals surface area contributed by atoms with Gasteiger partial charge in [0.15, 0.2) is 0 Å². The van der Waals surface area contributed by atoms with E-state index in [1.807, 2.05) is 0 Å². The number of likely N-dealkylation sites (tertiary alicyclic amines) is 1. The molecule has 0 amide bonds. The third-order valence-electron chi connectivity index (χ3n) is 4.79. The topological polar surface area (TPSA) is 29.8 Å². The van der Waals surface area contributed by atoms with E-state index in [9.17, 15) is 0 Å². The number of methoxy groups -OCH3 is 1. The normalized spacial score (nSPS) is 19.8. The van der Waals surface area contributed by atoms with Crippen molar-refractivity contribution in [2.75, 3.05) is 20.3 Å². The Hall–Kier alpha value is -1.39. The highest BCUT2D eigenvalue weighted by Crippen LogP contribution is 2.24. The van der Waals surface area contributed by atoms with Gasteiger partial charge in [-0.05, 0) is 51.3 Å². The second-order valence-electron chi connectivity index (χ2n) is 6.32. The van der Waals surface area contributed by atoms with E-state index in [-0.39, 0.29) is 0 Å². The molecule has 0 radical (unpaired) electrons. The van der Waals surface area contributed by atoms with Crippen molar-refractivity contribution in [1.82, 2.24) is 14.3 Å². The van der Waals surface area contributed by atoms with Gasteiger partial charge < -0.3 is 9.14 Å². The molecule has 0 bridgehead atoms. The van der Waals surface area contributed by atoms with Gasteiger partial charge in [-0.2, -0.15) is 0 Å². The van der Waals surface area contributed by atoms with Crippen molar-refractivity contribution in [1.29, 1.82) is 0 Å². The van der Waals surface area contributed by atoms with Crippen LogP contribution >= 0.6 is 0 Å². The number of ether oxygens (including phenoxy) is 1. The van der Waals surface area contributed by atoms with E-state index in [1.54, 1.807) is 7.11 Å². The molecule has 120 valence electrons. The Bertz CT molecular complexity index is 607. The minimum Gasteiger partial charge on any atom is -0.385 e. The molecule has 3 heterocycles. The van der Waals surface area contributed by atoms with Crippen LogP contribution in [-0.4, -0.2) is 40.6 Å². The number of hydrogen-bond donors (Lipinski definition) is 0. The predicted octanol–water partition coefficient (Wildman–Crippen LogP) is 3.42. The van der Waals surface area contributed by atoms with Crippen LogP contribution < -0.4 is 0 Å². The second-order valence-corrected chi connectivity index (χ2v) is 6.32. The Morgan fingerprint density at radius 2 is 2.23 bits per heavy atom. The van der Waals surface area contributed by atoms with Gasteiger partial charge in [0.2, 0.25) is 0 Å². The second kappa shape index (κ2) is 7.25. The van der Waals surface area contributed by atoms with Crippen LogP contribution in [-0.2, 0) is 11.3 Å². The molecule has 1 aliphatic heterocycles. The van der Waals surface area contributed by atoms with Gasteiger partial charge in [0.1, 0.15) is 5.82 Å². The average Bonchev–Trinajstić information content (AvgIpc) is 2.86. The number of rotatable bonds is 6. The molecule has 2 aromatic heterocycles. The fraction of sp³-hybridized carbons (Fsp3) is 0.611. The van der Waals surface area contributed by atoms with Gasteiger partial charge in [-0.25, -0.2) is 4.98 Å². The van der Waals surface area contributed by atoms with Crippen molar-refractivity contribution in [2.24, 2.45) is 0 Å². The molecular formula is C18H27N3O. The summed E-state index contributed by atoms with van der Waals surface area (Å²) in [6, 6.07) is 7.04. The molecule has 1 aliphatic rings. The maximum Gasteiger partial charge on any atom is 0.110 e. The molecule has 2 aromatic rings. The zero-order valence-electron chi connectivity index (χ0n) is 13.8. The van der Waals surface area contributed by atoms with E-state index in [0.717, 1.165) is 25.4 Å². The summed E-state index contributed by atoms with van der Waals surface area (Å²) >= 11 is 0. The van der Waals surface area contributed by atoms with Crippen molar-refractivity contribution in [3.63, 3.8) is 0 Å². The van der Waals surface area contributed by atoms with Crippen LogP contribution in [0.15, 0.2) is 24.4 Å². The number of fused-ring (bicyclic) bond motifs is 1. The molecule has 4 heteroatoms. The number of pyridine rings is 1. The van der Waals surface area contributed by atoms with Gasteiger partial charge in [-0.1, -0.05) is 12.5 Å². The highest BCUT2D eigenvalue weighted by molar-refractivity contribution is 5.53. The molecule has 1 unspecified atom stereocenters. The Balaban J connectivity index is 1.74. The van der Waals surface area contributed by atoms with Crippen LogP contribution in [0.25, 0.3) is 5.52 Å². The van der Waals surface area contributed by atoms with Crippen molar-refractivity contribution in [3.05, 3.63) is 35.9 Å². The summed E-state index contributed by atoms with van der Waals surface area (Å²) in [7, 11) is 1.79. The van der Waals surface area contributed by atoms with Crippen LogP contribution in [0.2, 0.25) is 0 Å². The molecule has 0 spiro atoms. The smallest absolute Gasteiger partial charge is 0.110 e. The number of piperidine rings is 1. The summed E-state index contributed by atoms with van der Waals surface area (Å²) in [6.07, 6.45) is 8.48. The first-order chi connectivity index (χ1) is 10.8. The highest BCUT2D eigenvalue weighted by atomic mass is 16.5. The predicted molar refractivity (Wildman–Crippen MR) is 89.1 cm³/mol. The van der Waals surface area contributed by atoms with Gasteiger partial charge in [0, 0.05) is 32.5 Å².